The molecule has 1 aliphatic rings. The zero-order chi connectivity index (χ0) is 22.7. The van der Waals surface area contributed by atoms with Gasteiger partial charge in [0, 0.05) is 43.8 Å². The zero-order valence-electron chi connectivity index (χ0n) is 17.9. The Morgan fingerprint density at radius 1 is 0.969 bits per heavy atom. The van der Waals surface area contributed by atoms with Crippen molar-refractivity contribution < 1.29 is 4.92 Å². The molecule has 0 saturated heterocycles. The Labute approximate surface area is 184 Å². The van der Waals surface area contributed by atoms with E-state index in [1.54, 1.807) is 16.7 Å². The molecule has 0 fully saturated rings. The SMILES string of the molecule is CCCn1c(=O)c2c(n(CCc3ccc([N+](=O)[O-])cc3)c1=O)N=C(Cc1ccccc1)C2. The maximum atomic E-state index is 13.1. The topological polar surface area (TPSA) is 99.5 Å². The minimum Gasteiger partial charge on any atom is -0.277 e. The summed E-state index contributed by atoms with van der Waals surface area (Å²) in [4.78, 5) is 41.3. The lowest BCUT2D eigenvalue weighted by atomic mass is 10.1. The van der Waals surface area contributed by atoms with Crippen molar-refractivity contribution in [3.8, 4) is 0 Å². The lowest BCUT2D eigenvalue weighted by Gasteiger charge is -2.13. The lowest BCUT2D eigenvalue weighted by Crippen LogP contribution is -2.41. The van der Waals surface area contributed by atoms with E-state index >= 15 is 0 Å². The van der Waals surface area contributed by atoms with E-state index in [0.29, 0.717) is 50.2 Å². The van der Waals surface area contributed by atoms with Gasteiger partial charge in [0.1, 0.15) is 5.82 Å². The van der Waals surface area contributed by atoms with E-state index in [0.717, 1.165) is 16.8 Å². The van der Waals surface area contributed by atoms with E-state index in [9.17, 15) is 19.7 Å². The summed E-state index contributed by atoms with van der Waals surface area (Å²) in [6, 6.07) is 16.2. The molecule has 0 saturated carbocycles. The third-order valence-electron chi connectivity index (χ3n) is 5.61. The number of hydrogen-bond donors (Lipinski definition) is 0. The van der Waals surface area contributed by atoms with Gasteiger partial charge in [0.2, 0.25) is 0 Å². The third kappa shape index (κ3) is 4.30. The molecule has 4 rings (SSSR count). The van der Waals surface area contributed by atoms with Crippen molar-refractivity contribution in [2.45, 2.75) is 45.7 Å². The van der Waals surface area contributed by atoms with Crippen LogP contribution in [0.4, 0.5) is 11.5 Å². The molecule has 0 amide bonds. The average Bonchev–Trinajstić information content (AvgIpc) is 3.21. The maximum absolute atomic E-state index is 13.1. The van der Waals surface area contributed by atoms with E-state index < -0.39 is 4.92 Å². The predicted octanol–water partition coefficient (Wildman–Crippen LogP) is 3.44. The van der Waals surface area contributed by atoms with Crippen LogP contribution in [0, 0.1) is 10.1 Å². The van der Waals surface area contributed by atoms with Crippen LogP contribution in [0.5, 0.6) is 0 Å². The Morgan fingerprint density at radius 3 is 2.34 bits per heavy atom. The van der Waals surface area contributed by atoms with Gasteiger partial charge in [-0.3, -0.25) is 24.0 Å². The molecule has 8 nitrogen and oxygen atoms in total. The molecule has 3 aromatic rings. The summed E-state index contributed by atoms with van der Waals surface area (Å²) >= 11 is 0. The zero-order valence-corrected chi connectivity index (χ0v) is 17.9. The molecule has 2 aromatic carbocycles. The van der Waals surface area contributed by atoms with Gasteiger partial charge in [-0.1, -0.05) is 49.4 Å². The number of benzene rings is 2. The fourth-order valence-corrected chi connectivity index (χ4v) is 4.00. The van der Waals surface area contributed by atoms with E-state index in [-0.39, 0.29) is 16.9 Å². The first-order valence-corrected chi connectivity index (χ1v) is 10.7. The van der Waals surface area contributed by atoms with Crippen LogP contribution in [0.2, 0.25) is 0 Å². The van der Waals surface area contributed by atoms with Crippen molar-refractivity contribution in [3.63, 3.8) is 0 Å². The van der Waals surface area contributed by atoms with Crippen molar-refractivity contribution >= 4 is 17.2 Å². The maximum Gasteiger partial charge on any atom is 0.332 e. The highest BCUT2D eigenvalue weighted by Crippen LogP contribution is 2.24. The first-order chi connectivity index (χ1) is 15.5. The number of aromatic nitrogens is 2. The van der Waals surface area contributed by atoms with Crippen molar-refractivity contribution in [2.75, 3.05) is 0 Å². The van der Waals surface area contributed by atoms with Gasteiger partial charge < -0.3 is 0 Å². The Kier molecular flexibility index (Phi) is 6.11. The second kappa shape index (κ2) is 9.13. The largest absolute Gasteiger partial charge is 0.332 e. The summed E-state index contributed by atoms with van der Waals surface area (Å²) in [7, 11) is 0. The minimum atomic E-state index is -0.440. The number of rotatable bonds is 8. The van der Waals surface area contributed by atoms with Crippen LogP contribution in [0.15, 0.2) is 69.2 Å². The van der Waals surface area contributed by atoms with E-state index in [1.807, 2.05) is 37.3 Å². The molecular formula is C24H24N4O4. The highest BCUT2D eigenvalue weighted by atomic mass is 16.6. The number of fused-ring (bicyclic) bond motifs is 1. The van der Waals surface area contributed by atoms with Gasteiger partial charge in [0.25, 0.3) is 11.2 Å². The minimum absolute atomic E-state index is 0.0263. The average molecular weight is 432 g/mol. The van der Waals surface area contributed by atoms with Crippen LogP contribution in [-0.4, -0.2) is 19.8 Å². The molecule has 8 heteroatoms. The Hall–Kier alpha value is -3.81. The molecule has 32 heavy (non-hydrogen) atoms. The van der Waals surface area contributed by atoms with Gasteiger partial charge >= 0.3 is 5.69 Å². The normalized spacial score (nSPS) is 12.5. The summed E-state index contributed by atoms with van der Waals surface area (Å²) in [5.74, 6) is 0.445. The molecule has 0 atom stereocenters. The molecule has 0 aliphatic carbocycles. The number of aryl methyl sites for hydroxylation is 1. The first-order valence-electron chi connectivity index (χ1n) is 10.7. The highest BCUT2D eigenvalue weighted by molar-refractivity contribution is 5.94. The van der Waals surface area contributed by atoms with Gasteiger partial charge in [-0.05, 0) is 24.0 Å². The Morgan fingerprint density at radius 2 is 1.69 bits per heavy atom. The summed E-state index contributed by atoms with van der Waals surface area (Å²) in [5, 5.41) is 10.9. The highest BCUT2D eigenvalue weighted by Gasteiger charge is 2.25. The van der Waals surface area contributed by atoms with Gasteiger partial charge in [-0.15, -0.1) is 0 Å². The van der Waals surface area contributed by atoms with Crippen LogP contribution in [-0.2, 0) is 32.4 Å². The molecule has 0 radical (unpaired) electrons. The van der Waals surface area contributed by atoms with Crippen molar-refractivity contribution in [1.29, 1.82) is 0 Å². The van der Waals surface area contributed by atoms with E-state index in [1.165, 1.54) is 16.7 Å². The molecule has 1 aliphatic heterocycles. The van der Waals surface area contributed by atoms with Crippen LogP contribution >= 0.6 is 0 Å². The molecule has 0 spiro atoms. The van der Waals surface area contributed by atoms with Crippen LogP contribution in [0.25, 0.3) is 0 Å². The van der Waals surface area contributed by atoms with Gasteiger partial charge in [0.15, 0.2) is 0 Å². The van der Waals surface area contributed by atoms with Gasteiger partial charge in [-0.2, -0.15) is 0 Å². The Balaban J connectivity index is 1.67. The van der Waals surface area contributed by atoms with Crippen LogP contribution < -0.4 is 11.2 Å². The van der Waals surface area contributed by atoms with E-state index in [4.69, 9.17) is 4.99 Å². The number of non-ortho nitro benzene ring substituents is 1. The van der Waals surface area contributed by atoms with E-state index in [2.05, 4.69) is 0 Å². The third-order valence-corrected chi connectivity index (χ3v) is 5.61. The fourth-order valence-electron chi connectivity index (χ4n) is 4.00. The number of aliphatic imine (C=N–C) groups is 1. The quantitative estimate of drug-likeness (QED) is 0.402. The molecule has 2 heterocycles. The second-order valence-electron chi connectivity index (χ2n) is 7.88. The molecule has 0 unspecified atom stereocenters. The number of nitro benzene ring substituents is 1. The molecular weight excluding hydrogens is 408 g/mol. The number of nitrogens with zero attached hydrogens (tertiary/aromatic N) is 4. The summed E-state index contributed by atoms with van der Waals surface area (Å²) in [6.45, 7) is 2.62. The summed E-state index contributed by atoms with van der Waals surface area (Å²) < 4.78 is 2.88. The smallest absolute Gasteiger partial charge is 0.277 e. The summed E-state index contributed by atoms with van der Waals surface area (Å²) in [5.41, 5.74) is 2.81. The molecule has 1 aromatic heterocycles. The van der Waals surface area contributed by atoms with Crippen LogP contribution in [0.1, 0.15) is 30.0 Å². The molecule has 0 bridgehead atoms. The number of nitro groups is 1. The lowest BCUT2D eigenvalue weighted by molar-refractivity contribution is -0.384. The van der Waals surface area contributed by atoms with Crippen molar-refractivity contribution in [2.24, 2.45) is 4.99 Å². The second-order valence-corrected chi connectivity index (χ2v) is 7.88. The summed E-state index contributed by atoms with van der Waals surface area (Å²) in [6.07, 6.45) is 2.23. The standard InChI is InChI=1S/C24H24N4O4/c1-2-13-27-23(29)21-16-19(15-18-6-4-3-5-7-18)25-22(21)26(24(27)30)14-12-17-8-10-20(11-9-17)28(31)32/h3-11H,2,12-16H2,1H3. The number of hydrogen-bond acceptors (Lipinski definition) is 5. The predicted molar refractivity (Wildman–Crippen MR) is 123 cm³/mol. The van der Waals surface area contributed by atoms with Crippen molar-refractivity contribution in [3.05, 3.63) is 102 Å². The van der Waals surface area contributed by atoms with Gasteiger partial charge in [0.05, 0.1) is 10.5 Å². The first kappa shape index (κ1) is 21.4. The monoisotopic (exact) mass is 432 g/mol. The molecule has 164 valence electrons. The van der Waals surface area contributed by atoms with Crippen LogP contribution in [0.3, 0.4) is 0 Å². The Bertz CT molecular complexity index is 1290. The fraction of sp³-hybridized carbons (Fsp3) is 0.292. The molecule has 0 N–H and O–H groups in total. The van der Waals surface area contributed by atoms with Gasteiger partial charge in [-0.25, -0.2) is 9.79 Å². The van der Waals surface area contributed by atoms with Crippen molar-refractivity contribution in [1.82, 2.24) is 9.13 Å².